The number of rotatable bonds is 7. The van der Waals surface area contributed by atoms with Gasteiger partial charge in [-0.05, 0) is 24.8 Å². The van der Waals surface area contributed by atoms with Crippen LogP contribution < -0.4 is 4.72 Å². The molecule has 9 heteroatoms. The zero-order chi connectivity index (χ0) is 19.1. The summed E-state index contributed by atoms with van der Waals surface area (Å²) in [6, 6.07) is 8.98. The Bertz CT molecular complexity index is 824. The maximum atomic E-state index is 12.5. The highest BCUT2D eigenvalue weighted by atomic mass is 32.2. The molecule has 1 aliphatic rings. The molecule has 0 aliphatic carbocycles. The van der Waals surface area contributed by atoms with Gasteiger partial charge < -0.3 is 14.1 Å². The molecular weight excluding hydrogens is 370 g/mol. The number of nitrogens with one attached hydrogen (secondary N) is 1. The van der Waals surface area contributed by atoms with Crippen molar-refractivity contribution in [3.05, 3.63) is 54.2 Å². The molecule has 27 heavy (non-hydrogen) atoms. The Morgan fingerprint density at radius 2 is 2.11 bits per heavy atom. The van der Waals surface area contributed by atoms with E-state index in [0.29, 0.717) is 18.7 Å². The number of carbonyl (C=O) groups excluding carboxylic acids is 1. The number of hydrogen-bond acceptors (Lipinski definition) is 6. The second-order valence-corrected chi connectivity index (χ2v) is 8.32. The van der Waals surface area contributed by atoms with Crippen molar-refractivity contribution in [2.24, 2.45) is 0 Å². The molecule has 0 saturated carbocycles. The summed E-state index contributed by atoms with van der Waals surface area (Å²) in [5.74, 6) is -0.161. The first-order chi connectivity index (χ1) is 13.0. The van der Waals surface area contributed by atoms with Gasteiger partial charge in [0.2, 0.25) is 10.0 Å². The number of sulfonamides is 1. The van der Waals surface area contributed by atoms with E-state index in [4.69, 9.17) is 9.15 Å². The summed E-state index contributed by atoms with van der Waals surface area (Å²) in [6.07, 6.45) is 4.50. The molecule has 146 valence electrons. The number of nitrogens with zero attached hydrogens (tertiary/aromatic N) is 2. The fourth-order valence-electron chi connectivity index (χ4n) is 3.04. The molecule has 3 rings (SSSR count). The first-order valence-corrected chi connectivity index (χ1v) is 10.5. The number of likely N-dealkylation sites (tertiary alicyclic amines) is 1. The average Bonchev–Trinajstić information content (AvgIpc) is 3.19. The molecule has 1 aromatic heterocycles. The largest absolute Gasteiger partial charge is 0.451 e. The Labute approximate surface area is 158 Å². The van der Waals surface area contributed by atoms with Crippen LogP contribution in [-0.4, -0.2) is 42.7 Å². The maximum absolute atomic E-state index is 12.5. The van der Waals surface area contributed by atoms with Gasteiger partial charge in [-0.2, -0.15) is 0 Å². The van der Waals surface area contributed by atoms with Crippen molar-refractivity contribution in [3.8, 4) is 0 Å². The second kappa shape index (κ2) is 9.01. The molecule has 1 unspecified atom stereocenters. The smallest absolute Gasteiger partial charge is 0.410 e. The number of oxazole rings is 1. The third-order valence-electron chi connectivity index (χ3n) is 4.44. The number of ether oxygens (including phenoxy) is 1. The summed E-state index contributed by atoms with van der Waals surface area (Å²) >= 11 is 0. The van der Waals surface area contributed by atoms with E-state index < -0.39 is 22.2 Å². The molecule has 2 aromatic rings. The van der Waals surface area contributed by atoms with Gasteiger partial charge in [-0.25, -0.2) is 22.9 Å². The fraction of sp³-hybridized carbons (Fsp3) is 0.444. The monoisotopic (exact) mass is 393 g/mol. The molecule has 1 N–H and O–H groups in total. The lowest BCUT2D eigenvalue weighted by Gasteiger charge is -2.34. The van der Waals surface area contributed by atoms with Gasteiger partial charge in [0, 0.05) is 6.54 Å². The highest BCUT2D eigenvalue weighted by Crippen LogP contribution is 2.20. The summed E-state index contributed by atoms with van der Waals surface area (Å²) in [5.41, 5.74) is 1.39. The van der Waals surface area contributed by atoms with E-state index in [1.807, 2.05) is 30.3 Å². The molecule has 1 amide bonds. The van der Waals surface area contributed by atoms with Gasteiger partial charge in [-0.15, -0.1) is 0 Å². The van der Waals surface area contributed by atoms with Crippen LogP contribution in [-0.2, 0) is 27.9 Å². The van der Waals surface area contributed by atoms with Crippen molar-refractivity contribution in [3.63, 3.8) is 0 Å². The Hall–Kier alpha value is -2.39. The topological polar surface area (TPSA) is 102 Å². The Morgan fingerprint density at radius 3 is 2.85 bits per heavy atom. The summed E-state index contributed by atoms with van der Waals surface area (Å²) in [6.45, 7) is 0.723. The van der Waals surface area contributed by atoms with Gasteiger partial charge in [0.25, 0.3) is 0 Å². The first-order valence-electron chi connectivity index (χ1n) is 8.85. The quantitative estimate of drug-likeness (QED) is 0.774. The van der Waals surface area contributed by atoms with Crippen LogP contribution in [0.1, 0.15) is 30.5 Å². The lowest BCUT2D eigenvalue weighted by molar-refractivity contribution is 0.0727. The second-order valence-electron chi connectivity index (χ2n) is 6.47. The molecule has 0 radical (unpaired) electrons. The minimum Gasteiger partial charge on any atom is -0.451 e. The van der Waals surface area contributed by atoms with Crippen molar-refractivity contribution < 1.29 is 22.4 Å². The van der Waals surface area contributed by atoms with Crippen molar-refractivity contribution in [2.45, 2.75) is 38.5 Å². The minimum atomic E-state index is -3.57. The standard InChI is InChI=1S/C18H23N3O5S/c22-18(26-11-15-6-2-1-3-7-15)21-9-5-4-8-17(21)13-27(23,24)20-10-16-12-25-14-19-16/h1-3,6-7,12,14,17,20H,4-5,8-11,13H2. The molecule has 0 spiro atoms. The molecule has 1 saturated heterocycles. The molecule has 1 aromatic carbocycles. The Kier molecular flexibility index (Phi) is 6.46. The predicted octanol–water partition coefficient (Wildman–Crippen LogP) is 2.29. The third-order valence-corrected chi connectivity index (χ3v) is 5.84. The lowest BCUT2D eigenvalue weighted by Crippen LogP contribution is -2.48. The Balaban J connectivity index is 1.56. The number of benzene rings is 1. The summed E-state index contributed by atoms with van der Waals surface area (Å²) in [7, 11) is -3.57. The van der Waals surface area contributed by atoms with E-state index in [1.165, 1.54) is 17.6 Å². The minimum absolute atomic E-state index is 0.0595. The SMILES string of the molecule is O=C(OCc1ccccc1)N1CCCCC1CS(=O)(=O)NCc1cocn1. The summed E-state index contributed by atoms with van der Waals surface area (Å²) in [4.78, 5) is 17.9. The summed E-state index contributed by atoms with van der Waals surface area (Å²) in [5, 5.41) is 0. The molecule has 1 aliphatic heterocycles. The van der Waals surface area contributed by atoms with E-state index >= 15 is 0 Å². The first kappa shape index (κ1) is 19.4. The van der Waals surface area contributed by atoms with Crippen LogP contribution in [0.2, 0.25) is 0 Å². The van der Waals surface area contributed by atoms with Crippen LogP contribution in [0.4, 0.5) is 4.79 Å². The normalized spacial score (nSPS) is 17.6. The van der Waals surface area contributed by atoms with Crippen molar-refractivity contribution in [1.82, 2.24) is 14.6 Å². The van der Waals surface area contributed by atoms with Crippen molar-refractivity contribution in [1.29, 1.82) is 0 Å². The van der Waals surface area contributed by atoms with Gasteiger partial charge >= 0.3 is 6.09 Å². The predicted molar refractivity (Wildman–Crippen MR) is 98.1 cm³/mol. The molecule has 1 fully saturated rings. The van der Waals surface area contributed by atoms with Gasteiger partial charge in [-0.1, -0.05) is 30.3 Å². The Morgan fingerprint density at radius 1 is 1.30 bits per heavy atom. The van der Waals surface area contributed by atoms with Gasteiger partial charge in [-0.3, -0.25) is 0 Å². The number of piperidine rings is 1. The third kappa shape index (κ3) is 5.80. The molecule has 8 nitrogen and oxygen atoms in total. The highest BCUT2D eigenvalue weighted by molar-refractivity contribution is 7.89. The number of aromatic nitrogens is 1. The van der Waals surface area contributed by atoms with Crippen molar-refractivity contribution >= 4 is 16.1 Å². The van der Waals surface area contributed by atoms with Crippen molar-refractivity contribution in [2.75, 3.05) is 12.3 Å². The zero-order valence-electron chi connectivity index (χ0n) is 14.9. The highest BCUT2D eigenvalue weighted by Gasteiger charge is 2.31. The van der Waals surface area contributed by atoms with E-state index in [9.17, 15) is 13.2 Å². The zero-order valence-corrected chi connectivity index (χ0v) is 15.7. The van der Waals surface area contributed by atoms with Crippen LogP contribution in [0.5, 0.6) is 0 Å². The van der Waals surface area contributed by atoms with E-state index in [0.717, 1.165) is 18.4 Å². The fourth-order valence-corrected chi connectivity index (χ4v) is 4.38. The van der Waals surface area contributed by atoms with Crippen LogP contribution >= 0.6 is 0 Å². The molecule has 0 bridgehead atoms. The van der Waals surface area contributed by atoms with Crippen LogP contribution in [0.3, 0.4) is 0 Å². The number of hydrogen-bond donors (Lipinski definition) is 1. The molecular formula is C18H23N3O5S. The number of carbonyl (C=O) groups is 1. The van der Waals surface area contributed by atoms with Crippen LogP contribution in [0.25, 0.3) is 0 Å². The molecule has 1 atom stereocenters. The van der Waals surface area contributed by atoms with Gasteiger partial charge in [0.1, 0.15) is 12.9 Å². The van der Waals surface area contributed by atoms with Crippen LogP contribution in [0.15, 0.2) is 47.4 Å². The van der Waals surface area contributed by atoms with E-state index in [1.54, 1.807) is 0 Å². The number of amides is 1. The van der Waals surface area contributed by atoms with Gasteiger partial charge in [0.05, 0.1) is 24.0 Å². The van der Waals surface area contributed by atoms with E-state index in [2.05, 4.69) is 9.71 Å². The van der Waals surface area contributed by atoms with Crippen LogP contribution in [0, 0.1) is 0 Å². The average molecular weight is 393 g/mol. The van der Waals surface area contributed by atoms with Gasteiger partial charge in [0.15, 0.2) is 6.39 Å². The summed E-state index contributed by atoms with van der Waals surface area (Å²) < 4.78 is 37.5. The molecule has 2 heterocycles. The maximum Gasteiger partial charge on any atom is 0.410 e. The lowest BCUT2D eigenvalue weighted by atomic mass is 10.0. The van der Waals surface area contributed by atoms with E-state index in [-0.39, 0.29) is 18.9 Å².